The summed E-state index contributed by atoms with van der Waals surface area (Å²) in [5.41, 5.74) is 5.85. The molecule has 1 saturated heterocycles. The molecule has 1 aliphatic heterocycles. The van der Waals surface area contributed by atoms with Crippen molar-refractivity contribution in [2.45, 2.75) is 57.5 Å². The fourth-order valence-electron chi connectivity index (χ4n) is 2.86. The van der Waals surface area contributed by atoms with E-state index in [-0.39, 0.29) is 5.92 Å². The van der Waals surface area contributed by atoms with E-state index in [0.29, 0.717) is 18.0 Å². The highest BCUT2D eigenvalue weighted by atomic mass is 16.2. The van der Waals surface area contributed by atoms with Crippen LogP contribution in [0.5, 0.6) is 0 Å². The van der Waals surface area contributed by atoms with Gasteiger partial charge in [0.1, 0.15) is 0 Å². The van der Waals surface area contributed by atoms with Crippen LogP contribution in [-0.2, 0) is 4.79 Å². The third kappa shape index (κ3) is 2.33. The lowest BCUT2D eigenvalue weighted by Gasteiger charge is -2.30. The molecule has 0 spiro atoms. The smallest absolute Gasteiger partial charge is 0.225 e. The SMILES string of the molecule is CC1CCCN1C(=O)C1CCC(N)CC1. The van der Waals surface area contributed by atoms with Gasteiger partial charge in [-0.2, -0.15) is 0 Å². The minimum absolute atomic E-state index is 0.269. The summed E-state index contributed by atoms with van der Waals surface area (Å²) in [6.45, 7) is 3.14. The average molecular weight is 210 g/mol. The lowest BCUT2D eigenvalue weighted by atomic mass is 9.85. The molecule has 0 aromatic rings. The Bertz CT molecular complexity index is 234. The molecule has 1 amide bonds. The first-order valence-corrected chi connectivity index (χ1v) is 6.24. The van der Waals surface area contributed by atoms with Gasteiger partial charge in [-0.3, -0.25) is 4.79 Å². The predicted molar refractivity (Wildman–Crippen MR) is 60.3 cm³/mol. The second kappa shape index (κ2) is 4.52. The maximum atomic E-state index is 12.2. The first kappa shape index (κ1) is 10.9. The number of rotatable bonds is 1. The minimum atomic E-state index is 0.269. The predicted octanol–water partition coefficient (Wildman–Crippen LogP) is 1.51. The molecule has 1 heterocycles. The van der Waals surface area contributed by atoms with Crippen LogP contribution in [0, 0.1) is 5.92 Å². The van der Waals surface area contributed by atoms with Crippen LogP contribution < -0.4 is 5.73 Å². The zero-order valence-corrected chi connectivity index (χ0v) is 9.61. The Morgan fingerprint density at radius 3 is 2.40 bits per heavy atom. The molecular weight excluding hydrogens is 188 g/mol. The van der Waals surface area contributed by atoms with E-state index in [1.54, 1.807) is 0 Å². The molecule has 2 N–H and O–H groups in total. The number of nitrogens with two attached hydrogens (primary N) is 1. The lowest BCUT2D eigenvalue weighted by molar-refractivity contribution is -0.137. The summed E-state index contributed by atoms with van der Waals surface area (Å²) in [4.78, 5) is 14.3. The standard InChI is InChI=1S/C12H22N2O/c1-9-3-2-8-14(9)12(15)10-4-6-11(13)7-5-10/h9-11H,2-8,13H2,1H3. The summed E-state index contributed by atoms with van der Waals surface area (Å²) in [5, 5.41) is 0. The Labute approximate surface area is 92.0 Å². The Morgan fingerprint density at radius 2 is 1.87 bits per heavy atom. The highest BCUT2D eigenvalue weighted by Gasteiger charge is 2.32. The first-order valence-electron chi connectivity index (χ1n) is 6.24. The molecule has 3 heteroatoms. The third-order valence-electron chi connectivity index (χ3n) is 3.96. The van der Waals surface area contributed by atoms with Crippen molar-refractivity contribution in [3.8, 4) is 0 Å². The highest BCUT2D eigenvalue weighted by Crippen LogP contribution is 2.28. The van der Waals surface area contributed by atoms with E-state index in [9.17, 15) is 4.79 Å². The number of carbonyl (C=O) groups excluding carboxylic acids is 1. The molecule has 1 atom stereocenters. The number of carbonyl (C=O) groups is 1. The van der Waals surface area contributed by atoms with Crippen molar-refractivity contribution >= 4 is 5.91 Å². The van der Waals surface area contributed by atoms with E-state index >= 15 is 0 Å². The van der Waals surface area contributed by atoms with Gasteiger partial charge in [-0.1, -0.05) is 0 Å². The molecule has 0 aromatic carbocycles. The second-order valence-electron chi connectivity index (χ2n) is 5.13. The molecule has 1 aliphatic carbocycles. The molecular formula is C12H22N2O. The largest absolute Gasteiger partial charge is 0.340 e. The summed E-state index contributed by atoms with van der Waals surface area (Å²) in [5.74, 6) is 0.664. The van der Waals surface area contributed by atoms with Gasteiger partial charge in [-0.05, 0) is 45.4 Å². The number of amides is 1. The molecule has 2 aliphatic rings. The Morgan fingerprint density at radius 1 is 1.20 bits per heavy atom. The van der Waals surface area contributed by atoms with Crippen molar-refractivity contribution in [1.82, 2.24) is 4.90 Å². The second-order valence-corrected chi connectivity index (χ2v) is 5.13. The normalized spacial score (nSPS) is 36.9. The Hall–Kier alpha value is -0.570. The van der Waals surface area contributed by atoms with Crippen molar-refractivity contribution in [2.24, 2.45) is 11.7 Å². The summed E-state index contributed by atoms with van der Waals surface area (Å²) in [7, 11) is 0. The van der Waals surface area contributed by atoms with Gasteiger partial charge in [-0.15, -0.1) is 0 Å². The topological polar surface area (TPSA) is 46.3 Å². The van der Waals surface area contributed by atoms with Gasteiger partial charge in [0, 0.05) is 24.5 Å². The summed E-state index contributed by atoms with van der Waals surface area (Å²) in [6, 6.07) is 0.804. The van der Waals surface area contributed by atoms with Gasteiger partial charge in [0.2, 0.25) is 5.91 Å². The van der Waals surface area contributed by atoms with E-state index < -0.39 is 0 Å². The molecule has 2 rings (SSSR count). The first-order chi connectivity index (χ1) is 7.18. The van der Waals surface area contributed by atoms with Crippen molar-refractivity contribution in [3.63, 3.8) is 0 Å². The molecule has 15 heavy (non-hydrogen) atoms. The average Bonchev–Trinajstić information content (AvgIpc) is 2.65. The van der Waals surface area contributed by atoms with Crippen LogP contribution in [0.25, 0.3) is 0 Å². The van der Waals surface area contributed by atoms with Crippen molar-refractivity contribution in [2.75, 3.05) is 6.54 Å². The summed E-state index contributed by atoms with van der Waals surface area (Å²) < 4.78 is 0. The number of hydrogen-bond acceptors (Lipinski definition) is 2. The van der Waals surface area contributed by atoms with E-state index in [4.69, 9.17) is 5.73 Å². The zero-order valence-electron chi connectivity index (χ0n) is 9.61. The summed E-state index contributed by atoms with van der Waals surface area (Å²) in [6.07, 6.45) is 6.42. The van der Waals surface area contributed by atoms with Gasteiger partial charge < -0.3 is 10.6 Å². The number of nitrogens with zero attached hydrogens (tertiary/aromatic N) is 1. The third-order valence-corrected chi connectivity index (χ3v) is 3.96. The van der Waals surface area contributed by atoms with Gasteiger partial charge in [0.15, 0.2) is 0 Å². The molecule has 0 aromatic heterocycles. The minimum Gasteiger partial charge on any atom is -0.340 e. The maximum absolute atomic E-state index is 12.2. The van der Waals surface area contributed by atoms with Gasteiger partial charge in [-0.25, -0.2) is 0 Å². The van der Waals surface area contributed by atoms with Crippen LogP contribution in [0.15, 0.2) is 0 Å². The molecule has 1 unspecified atom stereocenters. The Balaban J connectivity index is 1.90. The fraction of sp³-hybridized carbons (Fsp3) is 0.917. The quantitative estimate of drug-likeness (QED) is 0.713. The van der Waals surface area contributed by atoms with Crippen LogP contribution in [0.3, 0.4) is 0 Å². The summed E-state index contributed by atoms with van der Waals surface area (Å²) >= 11 is 0. The molecule has 0 radical (unpaired) electrons. The molecule has 86 valence electrons. The Kier molecular flexibility index (Phi) is 3.29. The van der Waals surface area contributed by atoms with Crippen LogP contribution in [-0.4, -0.2) is 29.4 Å². The highest BCUT2D eigenvalue weighted by molar-refractivity contribution is 5.79. The van der Waals surface area contributed by atoms with Gasteiger partial charge >= 0.3 is 0 Å². The van der Waals surface area contributed by atoms with Crippen LogP contribution in [0.2, 0.25) is 0 Å². The zero-order chi connectivity index (χ0) is 10.8. The number of hydrogen-bond donors (Lipinski definition) is 1. The van der Waals surface area contributed by atoms with E-state index in [0.717, 1.165) is 32.2 Å². The van der Waals surface area contributed by atoms with Crippen LogP contribution in [0.1, 0.15) is 45.4 Å². The number of likely N-dealkylation sites (tertiary alicyclic amines) is 1. The molecule has 2 fully saturated rings. The monoisotopic (exact) mass is 210 g/mol. The van der Waals surface area contributed by atoms with Crippen LogP contribution in [0.4, 0.5) is 0 Å². The maximum Gasteiger partial charge on any atom is 0.225 e. The molecule has 3 nitrogen and oxygen atoms in total. The van der Waals surface area contributed by atoms with Gasteiger partial charge in [0.25, 0.3) is 0 Å². The lowest BCUT2D eigenvalue weighted by Crippen LogP contribution is -2.41. The van der Waals surface area contributed by atoms with Crippen molar-refractivity contribution in [3.05, 3.63) is 0 Å². The van der Waals surface area contributed by atoms with E-state index in [1.165, 1.54) is 12.8 Å². The molecule has 0 bridgehead atoms. The fourth-order valence-corrected chi connectivity index (χ4v) is 2.86. The molecule has 1 saturated carbocycles. The van der Waals surface area contributed by atoms with E-state index in [1.807, 2.05) is 0 Å². The van der Waals surface area contributed by atoms with Crippen LogP contribution >= 0.6 is 0 Å². The van der Waals surface area contributed by atoms with Gasteiger partial charge in [0.05, 0.1) is 0 Å². The van der Waals surface area contributed by atoms with Crippen molar-refractivity contribution < 1.29 is 4.79 Å². The van der Waals surface area contributed by atoms with Crippen molar-refractivity contribution in [1.29, 1.82) is 0 Å². The van der Waals surface area contributed by atoms with E-state index in [2.05, 4.69) is 11.8 Å².